The number of halogens is 6. The highest BCUT2D eigenvalue weighted by Crippen LogP contribution is 2.42. The molecule has 6 nitrogen and oxygen atoms in total. The van der Waals surface area contributed by atoms with Crippen molar-refractivity contribution in [3.05, 3.63) is 58.1 Å². The highest BCUT2D eigenvalue weighted by atomic mass is 19.4. The van der Waals surface area contributed by atoms with Crippen molar-refractivity contribution >= 4 is 11.7 Å². The zero-order valence-electron chi connectivity index (χ0n) is 19.1. The lowest BCUT2D eigenvalue weighted by Gasteiger charge is -2.28. The van der Waals surface area contributed by atoms with Gasteiger partial charge in [-0.2, -0.15) is 26.3 Å². The molecule has 0 saturated heterocycles. The van der Waals surface area contributed by atoms with Crippen LogP contribution in [0.2, 0.25) is 0 Å². The molecule has 1 amide bonds. The number of amides is 1. The average Bonchev–Trinajstić information content (AvgIpc) is 3.25. The van der Waals surface area contributed by atoms with Crippen molar-refractivity contribution in [3.63, 3.8) is 0 Å². The van der Waals surface area contributed by atoms with Gasteiger partial charge in [0.25, 0.3) is 5.56 Å². The van der Waals surface area contributed by atoms with Crippen LogP contribution in [0.1, 0.15) is 60.5 Å². The number of imidazole rings is 1. The van der Waals surface area contributed by atoms with Gasteiger partial charge in [0.2, 0.25) is 11.7 Å². The number of nitrogens with two attached hydrogens (primary N) is 1. The Hall–Kier alpha value is -3.31. The quantitative estimate of drug-likeness (QED) is 0.445. The fourth-order valence-electron chi connectivity index (χ4n) is 4.73. The molecule has 1 aromatic carbocycles. The van der Waals surface area contributed by atoms with E-state index in [9.17, 15) is 35.9 Å². The molecule has 3 aromatic rings. The summed E-state index contributed by atoms with van der Waals surface area (Å²) in [6, 6.07) is 7.23. The van der Waals surface area contributed by atoms with Gasteiger partial charge in [-0.25, -0.2) is 4.98 Å². The predicted octanol–water partition coefficient (Wildman–Crippen LogP) is 5.44. The lowest BCUT2D eigenvalue weighted by Crippen LogP contribution is -2.27. The molecule has 0 spiro atoms. The van der Waals surface area contributed by atoms with E-state index in [1.165, 1.54) is 45.5 Å². The van der Waals surface area contributed by atoms with Crippen molar-refractivity contribution in [1.82, 2.24) is 14.0 Å². The van der Waals surface area contributed by atoms with E-state index in [-0.39, 0.29) is 55.9 Å². The highest BCUT2D eigenvalue weighted by molar-refractivity contribution is 5.93. The monoisotopic (exact) mass is 514 g/mol. The molecule has 0 atom stereocenters. The predicted molar refractivity (Wildman–Crippen MR) is 119 cm³/mol. The molecule has 0 radical (unpaired) electrons. The minimum absolute atomic E-state index is 0.0463. The van der Waals surface area contributed by atoms with Gasteiger partial charge in [-0.05, 0) is 49.8 Å². The van der Waals surface area contributed by atoms with Crippen LogP contribution >= 0.6 is 0 Å². The number of nitrogens with zero attached hydrogens (tertiary/aromatic N) is 3. The van der Waals surface area contributed by atoms with E-state index >= 15 is 0 Å². The van der Waals surface area contributed by atoms with Crippen LogP contribution in [0, 0.1) is 5.92 Å². The van der Waals surface area contributed by atoms with Crippen molar-refractivity contribution in [2.75, 3.05) is 0 Å². The molecule has 1 saturated carbocycles. The lowest BCUT2D eigenvalue weighted by atomic mass is 9.80. The number of benzene rings is 1. The number of aromatic nitrogens is 3. The van der Waals surface area contributed by atoms with Crippen molar-refractivity contribution < 1.29 is 31.1 Å². The third kappa shape index (κ3) is 5.57. The summed E-state index contributed by atoms with van der Waals surface area (Å²) in [5.74, 6) is -2.20. The Balaban J connectivity index is 1.73. The summed E-state index contributed by atoms with van der Waals surface area (Å²) < 4.78 is 80.4. The molecule has 1 fully saturated rings. The molecule has 0 aliphatic heterocycles. The summed E-state index contributed by atoms with van der Waals surface area (Å²) in [5, 5.41) is 0. The summed E-state index contributed by atoms with van der Waals surface area (Å²) in [6.07, 6.45) is -8.06. The highest BCUT2D eigenvalue weighted by Gasteiger charge is 2.42. The Labute approximate surface area is 201 Å². The zero-order chi connectivity index (χ0) is 26.3. The van der Waals surface area contributed by atoms with Crippen molar-refractivity contribution in [1.29, 1.82) is 0 Å². The first-order chi connectivity index (χ1) is 16.8. The number of rotatable bonds is 6. The summed E-state index contributed by atoms with van der Waals surface area (Å²) in [4.78, 5) is 28.8. The van der Waals surface area contributed by atoms with Crippen molar-refractivity contribution in [3.8, 4) is 11.3 Å². The van der Waals surface area contributed by atoms with E-state index in [1.807, 2.05) is 0 Å². The van der Waals surface area contributed by atoms with Crippen molar-refractivity contribution in [2.45, 2.75) is 63.3 Å². The Kier molecular flexibility index (Phi) is 6.89. The van der Waals surface area contributed by atoms with E-state index in [2.05, 4.69) is 4.98 Å². The minimum Gasteiger partial charge on any atom is -0.366 e. The van der Waals surface area contributed by atoms with Crippen LogP contribution in [0.4, 0.5) is 26.3 Å². The zero-order valence-corrected chi connectivity index (χ0v) is 19.1. The van der Waals surface area contributed by atoms with Gasteiger partial charge in [0.15, 0.2) is 0 Å². The van der Waals surface area contributed by atoms with Crippen LogP contribution < -0.4 is 11.3 Å². The molecule has 2 N–H and O–H groups in total. The number of primary amides is 1. The molecule has 12 heteroatoms. The van der Waals surface area contributed by atoms with E-state index in [1.54, 1.807) is 0 Å². The normalized spacial score (nSPS) is 19.1. The second kappa shape index (κ2) is 9.62. The maximum Gasteiger partial charge on any atom is 0.391 e. The molecule has 1 aliphatic rings. The SMILES string of the molecule is NC(=O)c1ccc(-c2cc(=O)n3cc(C4CCC(C(F)(F)F)CC4)nc3n2CCCC(F)(F)F)cc1. The lowest BCUT2D eigenvalue weighted by molar-refractivity contribution is -0.182. The van der Waals surface area contributed by atoms with E-state index < -0.39 is 36.2 Å². The second-order valence-corrected chi connectivity index (χ2v) is 9.11. The fraction of sp³-hybridized carbons (Fsp3) is 0.458. The van der Waals surface area contributed by atoms with Crippen LogP contribution in [-0.4, -0.2) is 32.2 Å². The fourth-order valence-corrected chi connectivity index (χ4v) is 4.73. The van der Waals surface area contributed by atoms with E-state index in [0.717, 1.165) is 0 Å². The summed E-state index contributed by atoms with van der Waals surface area (Å²) >= 11 is 0. The average molecular weight is 514 g/mol. The summed E-state index contributed by atoms with van der Waals surface area (Å²) in [5.41, 5.74) is 6.24. The molecule has 2 aromatic heterocycles. The third-order valence-electron chi connectivity index (χ3n) is 6.65. The van der Waals surface area contributed by atoms with Crippen LogP contribution in [0.3, 0.4) is 0 Å². The van der Waals surface area contributed by atoms with Crippen LogP contribution in [0.15, 0.2) is 41.3 Å². The topological polar surface area (TPSA) is 82.4 Å². The number of fused-ring (bicyclic) bond motifs is 1. The first-order valence-corrected chi connectivity index (χ1v) is 11.5. The van der Waals surface area contributed by atoms with Gasteiger partial charge in [0.05, 0.1) is 17.3 Å². The van der Waals surface area contributed by atoms with E-state index in [4.69, 9.17) is 5.73 Å². The standard InChI is InChI=1S/C24H24F6N4O2/c25-23(26,27)10-1-11-33-19(15-2-4-16(5-3-15)21(31)36)12-20(35)34-13-18(32-22(33)34)14-6-8-17(9-7-14)24(28,29)30/h2-5,12-14,17H,1,6-11H2,(H2,31,36). The van der Waals surface area contributed by atoms with Gasteiger partial charge in [0.1, 0.15) is 0 Å². The number of hydrogen-bond donors (Lipinski definition) is 1. The Morgan fingerprint density at radius 3 is 2.22 bits per heavy atom. The molecular weight excluding hydrogens is 490 g/mol. The van der Waals surface area contributed by atoms with Gasteiger partial charge in [-0.15, -0.1) is 0 Å². The Morgan fingerprint density at radius 2 is 1.67 bits per heavy atom. The number of carbonyl (C=O) groups excluding carboxylic acids is 1. The minimum atomic E-state index is -4.36. The molecule has 0 bridgehead atoms. The first-order valence-electron chi connectivity index (χ1n) is 11.5. The second-order valence-electron chi connectivity index (χ2n) is 9.11. The molecule has 0 unspecified atom stereocenters. The van der Waals surface area contributed by atoms with Gasteiger partial charge in [-0.1, -0.05) is 12.1 Å². The van der Waals surface area contributed by atoms with Crippen LogP contribution in [0.5, 0.6) is 0 Å². The molecule has 2 heterocycles. The molecule has 36 heavy (non-hydrogen) atoms. The summed E-state index contributed by atoms with van der Waals surface area (Å²) in [6.45, 7) is -0.104. The third-order valence-corrected chi connectivity index (χ3v) is 6.65. The van der Waals surface area contributed by atoms with Crippen LogP contribution in [-0.2, 0) is 6.54 Å². The van der Waals surface area contributed by atoms with Gasteiger partial charge in [-0.3, -0.25) is 14.0 Å². The maximum atomic E-state index is 13.1. The number of aryl methyl sites for hydroxylation is 1. The number of hydrogen-bond acceptors (Lipinski definition) is 3. The number of alkyl halides is 6. The first kappa shape index (κ1) is 25.8. The van der Waals surface area contributed by atoms with Crippen molar-refractivity contribution in [2.24, 2.45) is 11.7 Å². The van der Waals surface area contributed by atoms with Gasteiger partial charge in [0, 0.05) is 36.7 Å². The smallest absolute Gasteiger partial charge is 0.366 e. The molecule has 1 aliphatic carbocycles. The Bertz CT molecular complexity index is 1300. The van der Waals surface area contributed by atoms with Gasteiger partial charge < -0.3 is 10.3 Å². The molecule has 4 rings (SSSR count). The molecular formula is C24H24F6N4O2. The number of carbonyl (C=O) groups is 1. The Morgan fingerprint density at radius 1 is 1.03 bits per heavy atom. The van der Waals surface area contributed by atoms with Crippen LogP contribution in [0.25, 0.3) is 17.0 Å². The van der Waals surface area contributed by atoms with Gasteiger partial charge >= 0.3 is 12.4 Å². The summed E-state index contributed by atoms with van der Waals surface area (Å²) in [7, 11) is 0. The molecule has 194 valence electrons. The van der Waals surface area contributed by atoms with E-state index in [0.29, 0.717) is 17.0 Å². The maximum absolute atomic E-state index is 13.1. The largest absolute Gasteiger partial charge is 0.391 e.